The number of hydrogen-bond acceptors (Lipinski definition) is 7. The van der Waals surface area contributed by atoms with Gasteiger partial charge in [-0.3, -0.25) is 0 Å². The smallest absolute Gasteiger partial charge is 0.127 e. The predicted octanol–water partition coefficient (Wildman–Crippen LogP) is 5.51. The largest absolute Gasteiger partial charge is 0.494 e. The number of ether oxygens (including phenoxy) is 1. The van der Waals surface area contributed by atoms with Crippen LogP contribution in [0.1, 0.15) is 12.6 Å². The number of hydrogen-bond donors (Lipinski definition) is 0. The molecular formula is C18H15N3OS3. The summed E-state index contributed by atoms with van der Waals surface area (Å²) >= 11 is 5.01. The fourth-order valence-electron chi connectivity index (χ4n) is 2.39. The molecule has 3 aromatic heterocycles. The van der Waals surface area contributed by atoms with E-state index in [0.717, 1.165) is 43.0 Å². The van der Waals surface area contributed by atoms with Crippen molar-refractivity contribution < 1.29 is 4.74 Å². The van der Waals surface area contributed by atoms with Crippen molar-refractivity contribution in [2.45, 2.75) is 17.7 Å². The lowest BCUT2D eigenvalue weighted by Crippen LogP contribution is -1.90. The average molecular weight is 386 g/mol. The first kappa shape index (κ1) is 16.5. The van der Waals surface area contributed by atoms with Crippen molar-refractivity contribution in [3.05, 3.63) is 53.1 Å². The van der Waals surface area contributed by atoms with Gasteiger partial charge < -0.3 is 4.74 Å². The van der Waals surface area contributed by atoms with Gasteiger partial charge in [-0.15, -0.1) is 22.7 Å². The number of rotatable bonds is 6. The predicted molar refractivity (Wildman–Crippen MR) is 106 cm³/mol. The summed E-state index contributed by atoms with van der Waals surface area (Å²) in [4.78, 5) is 14.5. The van der Waals surface area contributed by atoms with E-state index >= 15 is 0 Å². The maximum Gasteiger partial charge on any atom is 0.127 e. The van der Waals surface area contributed by atoms with E-state index in [1.54, 1.807) is 40.8 Å². The number of fused-ring (bicyclic) bond motifs is 1. The molecule has 0 saturated carbocycles. The van der Waals surface area contributed by atoms with Gasteiger partial charge in [-0.25, -0.2) is 15.0 Å². The van der Waals surface area contributed by atoms with Crippen molar-refractivity contribution in [2.75, 3.05) is 6.61 Å². The number of nitrogens with zero attached hydrogens (tertiary/aromatic N) is 3. The Hall–Kier alpha value is -1.96. The Balaban J connectivity index is 1.47. The van der Waals surface area contributed by atoms with Crippen LogP contribution < -0.4 is 4.74 Å². The molecule has 0 N–H and O–H groups in total. The minimum absolute atomic E-state index is 0.679. The Morgan fingerprint density at radius 3 is 2.80 bits per heavy atom. The maximum absolute atomic E-state index is 5.49. The Bertz CT molecular complexity index is 979. The van der Waals surface area contributed by atoms with Crippen molar-refractivity contribution in [1.82, 2.24) is 15.0 Å². The molecule has 7 heteroatoms. The van der Waals surface area contributed by atoms with Crippen LogP contribution in [0.4, 0.5) is 0 Å². The van der Waals surface area contributed by atoms with Gasteiger partial charge in [0.1, 0.15) is 26.9 Å². The Kier molecular flexibility index (Phi) is 4.96. The average Bonchev–Trinajstić information content (AvgIpc) is 3.30. The molecule has 0 aliphatic carbocycles. The second-order valence-corrected chi connectivity index (χ2v) is 7.93. The summed E-state index contributed by atoms with van der Waals surface area (Å²) in [6.45, 7) is 2.67. The zero-order valence-corrected chi connectivity index (χ0v) is 16.0. The van der Waals surface area contributed by atoms with E-state index in [1.807, 2.05) is 19.1 Å². The molecule has 4 rings (SSSR count). The van der Waals surface area contributed by atoms with E-state index in [4.69, 9.17) is 9.72 Å². The monoisotopic (exact) mass is 385 g/mol. The third kappa shape index (κ3) is 3.68. The summed E-state index contributed by atoms with van der Waals surface area (Å²) in [5, 5.41) is 7.34. The Morgan fingerprint density at radius 1 is 1.08 bits per heavy atom. The first-order chi connectivity index (χ1) is 12.3. The molecule has 3 heterocycles. The summed E-state index contributed by atoms with van der Waals surface area (Å²) in [6, 6.07) is 10.2. The molecule has 0 spiro atoms. The molecular weight excluding hydrogens is 370 g/mol. The highest BCUT2D eigenvalue weighted by atomic mass is 32.2. The first-order valence-corrected chi connectivity index (χ1v) is 10.6. The van der Waals surface area contributed by atoms with Crippen LogP contribution in [0, 0.1) is 0 Å². The molecule has 4 aromatic rings. The lowest BCUT2D eigenvalue weighted by Gasteiger charge is -2.03. The molecule has 4 nitrogen and oxygen atoms in total. The third-order valence-corrected chi connectivity index (χ3v) is 6.35. The zero-order valence-electron chi connectivity index (χ0n) is 13.5. The van der Waals surface area contributed by atoms with E-state index in [9.17, 15) is 0 Å². The van der Waals surface area contributed by atoms with Crippen LogP contribution in [0.5, 0.6) is 5.75 Å². The van der Waals surface area contributed by atoms with E-state index in [-0.39, 0.29) is 0 Å². The van der Waals surface area contributed by atoms with Gasteiger partial charge in [0.15, 0.2) is 0 Å². The molecule has 0 fully saturated rings. The van der Waals surface area contributed by atoms with E-state index < -0.39 is 0 Å². The normalized spacial score (nSPS) is 11.1. The fourth-order valence-corrected chi connectivity index (χ4v) is 4.99. The van der Waals surface area contributed by atoms with Gasteiger partial charge in [0.25, 0.3) is 0 Å². The van der Waals surface area contributed by atoms with E-state index in [0.29, 0.717) is 6.61 Å². The molecule has 0 radical (unpaired) electrons. The number of thioether (sulfide) groups is 1. The van der Waals surface area contributed by atoms with Crippen LogP contribution in [0.25, 0.3) is 20.8 Å². The van der Waals surface area contributed by atoms with Gasteiger partial charge in [-0.1, -0.05) is 11.8 Å². The Labute approximate surface area is 157 Å². The second kappa shape index (κ2) is 7.51. The Morgan fingerprint density at radius 2 is 1.96 bits per heavy atom. The lowest BCUT2D eigenvalue weighted by molar-refractivity contribution is 0.340. The van der Waals surface area contributed by atoms with Crippen LogP contribution in [-0.2, 0) is 5.75 Å². The van der Waals surface area contributed by atoms with Crippen molar-refractivity contribution in [1.29, 1.82) is 0 Å². The van der Waals surface area contributed by atoms with Crippen molar-refractivity contribution in [3.8, 4) is 16.3 Å². The summed E-state index contributed by atoms with van der Waals surface area (Å²) in [6.07, 6.45) is 1.63. The molecule has 126 valence electrons. The topological polar surface area (TPSA) is 47.9 Å². The lowest BCUT2D eigenvalue weighted by atomic mass is 10.2. The zero-order chi connectivity index (χ0) is 17.1. The second-order valence-electron chi connectivity index (χ2n) is 5.21. The molecule has 0 aliphatic heterocycles. The number of thiazole rings is 1. The summed E-state index contributed by atoms with van der Waals surface area (Å²) in [5.74, 6) is 1.69. The first-order valence-electron chi connectivity index (χ1n) is 7.82. The minimum Gasteiger partial charge on any atom is -0.494 e. The van der Waals surface area contributed by atoms with Crippen molar-refractivity contribution in [2.24, 2.45) is 0 Å². The standard InChI is InChI=1S/C18H15N3OS3/c1-2-22-14-5-3-12(4-6-14)16-21-13(9-24-16)10-25-18-15-7-8-23-17(15)19-11-20-18/h3-9,11H,2,10H2,1H3. The number of aromatic nitrogens is 3. The summed E-state index contributed by atoms with van der Waals surface area (Å²) in [7, 11) is 0. The highest BCUT2D eigenvalue weighted by Gasteiger charge is 2.09. The van der Waals surface area contributed by atoms with Crippen molar-refractivity contribution in [3.63, 3.8) is 0 Å². The van der Waals surface area contributed by atoms with Crippen LogP contribution in [0.3, 0.4) is 0 Å². The molecule has 0 unspecified atom stereocenters. The maximum atomic E-state index is 5.49. The molecule has 0 aliphatic rings. The number of thiophene rings is 1. The van der Waals surface area contributed by atoms with Gasteiger partial charge in [0, 0.05) is 22.1 Å². The molecule has 0 saturated heterocycles. The minimum atomic E-state index is 0.679. The molecule has 0 bridgehead atoms. The van der Waals surface area contributed by atoms with Gasteiger partial charge >= 0.3 is 0 Å². The van der Waals surface area contributed by atoms with Gasteiger partial charge in [-0.2, -0.15) is 0 Å². The van der Waals surface area contributed by atoms with Crippen LogP contribution in [-0.4, -0.2) is 21.6 Å². The SMILES string of the molecule is CCOc1ccc(-c2nc(CSc3ncnc4sccc34)cs2)cc1. The summed E-state index contributed by atoms with van der Waals surface area (Å²) < 4.78 is 5.49. The van der Waals surface area contributed by atoms with E-state index in [2.05, 4.69) is 38.9 Å². The van der Waals surface area contributed by atoms with Crippen molar-refractivity contribution >= 4 is 44.7 Å². The quantitative estimate of drug-likeness (QED) is 0.324. The number of benzene rings is 1. The molecule has 0 amide bonds. The molecule has 1 aromatic carbocycles. The van der Waals surface area contributed by atoms with E-state index in [1.165, 1.54) is 0 Å². The van der Waals surface area contributed by atoms with Crippen LogP contribution in [0.15, 0.2) is 52.4 Å². The van der Waals surface area contributed by atoms with Gasteiger partial charge in [0.2, 0.25) is 0 Å². The molecule has 0 atom stereocenters. The molecule has 25 heavy (non-hydrogen) atoms. The third-order valence-electron chi connectivity index (χ3n) is 3.55. The fraction of sp³-hybridized carbons (Fsp3) is 0.167. The highest BCUT2D eigenvalue weighted by Crippen LogP contribution is 2.32. The van der Waals surface area contributed by atoms with Gasteiger partial charge in [0.05, 0.1) is 12.3 Å². The summed E-state index contributed by atoms with van der Waals surface area (Å²) in [5.41, 5.74) is 2.19. The van der Waals surface area contributed by atoms with Crippen LogP contribution in [0.2, 0.25) is 0 Å². The highest BCUT2D eigenvalue weighted by molar-refractivity contribution is 7.98. The van der Waals surface area contributed by atoms with Crippen LogP contribution >= 0.6 is 34.4 Å². The van der Waals surface area contributed by atoms with Gasteiger partial charge in [-0.05, 0) is 42.6 Å².